The summed E-state index contributed by atoms with van der Waals surface area (Å²) >= 11 is 6.34. The van der Waals surface area contributed by atoms with Gasteiger partial charge in [-0.1, -0.05) is 54.8 Å². The van der Waals surface area contributed by atoms with Crippen molar-refractivity contribution in [3.05, 3.63) is 88.7 Å². The van der Waals surface area contributed by atoms with Gasteiger partial charge in [-0.25, -0.2) is 0 Å². The lowest BCUT2D eigenvalue weighted by molar-refractivity contribution is 0.0474. The highest BCUT2D eigenvalue weighted by molar-refractivity contribution is 6.31. The van der Waals surface area contributed by atoms with Gasteiger partial charge in [0.15, 0.2) is 5.82 Å². The molecule has 0 atom stereocenters. The van der Waals surface area contributed by atoms with Gasteiger partial charge in [-0.3, -0.25) is 4.79 Å². The Hall–Kier alpha value is -3.52. The Morgan fingerprint density at radius 2 is 1.87 bits per heavy atom. The van der Waals surface area contributed by atoms with Crippen LogP contribution in [0.2, 0.25) is 5.02 Å². The second kappa shape index (κ2) is 9.98. The number of aryl methyl sites for hydroxylation is 1. The lowest BCUT2D eigenvalue weighted by Gasteiger charge is -2.22. The summed E-state index contributed by atoms with van der Waals surface area (Å²) < 4.78 is 1.86. The van der Waals surface area contributed by atoms with E-state index in [1.54, 1.807) is 6.33 Å². The highest BCUT2D eigenvalue weighted by Gasteiger charge is 2.31. The summed E-state index contributed by atoms with van der Waals surface area (Å²) in [6, 6.07) is 19.8. The van der Waals surface area contributed by atoms with Crippen molar-refractivity contribution < 1.29 is 9.90 Å². The van der Waals surface area contributed by atoms with Gasteiger partial charge in [0.2, 0.25) is 0 Å². The summed E-state index contributed by atoms with van der Waals surface area (Å²) in [5, 5.41) is 22.9. The molecule has 38 heavy (non-hydrogen) atoms. The van der Waals surface area contributed by atoms with Crippen molar-refractivity contribution >= 4 is 23.2 Å². The fourth-order valence-corrected chi connectivity index (χ4v) is 5.81. The van der Waals surface area contributed by atoms with Crippen molar-refractivity contribution in [3.63, 3.8) is 0 Å². The molecule has 4 aromatic rings. The number of halogens is 1. The third kappa shape index (κ3) is 4.73. The zero-order chi connectivity index (χ0) is 26.3. The summed E-state index contributed by atoms with van der Waals surface area (Å²) in [6.07, 6.45) is 5.54. The third-order valence-electron chi connectivity index (χ3n) is 7.70. The molecule has 0 unspecified atom stereocenters. The molecule has 7 nitrogen and oxygen atoms in total. The van der Waals surface area contributed by atoms with Crippen LogP contribution in [-0.2, 0) is 20.1 Å². The zero-order valence-corrected chi connectivity index (χ0v) is 22.1. The van der Waals surface area contributed by atoms with Gasteiger partial charge in [-0.2, -0.15) is 0 Å². The number of amides is 1. The SMILES string of the molecule is Cn1cnnc1-c1cc(Cl)ccc1-c1cccc(N2Cc3ccc(CNCC4(O)CCCC4)cc3C2=O)c1. The molecule has 1 amide bonds. The van der Waals surface area contributed by atoms with Crippen molar-refractivity contribution in [1.82, 2.24) is 20.1 Å². The molecule has 2 heterocycles. The fraction of sp³-hybridized carbons (Fsp3) is 0.300. The lowest BCUT2D eigenvalue weighted by Crippen LogP contribution is -2.37. The van der Waals surface area contributed by atoms with E-state index in [9.17, 15) is 9.90 Å². The number of nitrogens with zero attached hydrogens (tertiary/aromatic N) is 4. The van der Waals surface area contributed by atoms with Gasteiger partial charge in [-0.05, 0) is 65.4 Å². The Balaban J connectivity index is 1.23. The Labute approximate surface area is 227 Å². The minimum absolute atomic E-state index is 0.00180. The first kappa shape index (κ1) is 24.8. The predicted octanol–water partition coefficient (Wildman–Crippen LogP) is 5.36. The number of anilines is 1. The monoisotopic (exact) mass is 527 g/mol. The molecule has 1 aliphatic carbocycles. The molecule has 0 saturated heterocycles. The first-order valence-corrected chi connectivity index (χ1v) is 13.4. The summed E-state index contributed by atoms with van der Waals surface area (Å²) in [7, 11) is 1.90. The fourth-order valence-electron chi connectivity index (χ4n) is 5.64. The molecule has 3 aromatic carbocycles. The second-order valence-electron chi connectivity index (χ2n) is 10.4. The van der Waals surface area contributed by atoms with E-state index in [1.807, 2.05) is 71.1 Å². The molecule has 1 saturated carbocycles. The average molecular weight is 528 g/mol. The highest BCUT2D eigenvalue weighted by Crippen LogP contribution is 2.36. The number of rotatable bonds is 7. The number of carbonyl (C=O) groups is 1. The Morgan fingerprint density at radius 1 is 1.03 bits per heavy atom. The number of carbonyl (C=O) groups excluding carboxylic acids is 1. The summed E-state index contributed by atoms with van der Waals surface area (Å²) in [6.45, 7) is 1.74. The molecular weight excluding hydrogens is 498 g/mol. The molecule has 0 radical (unpaired) electrons. The Morgan fingerprint density at radius 3 is 2.66 bits per heavy atom. The van der Waals surface area contributed by atoms with E-state index in [1.165, 1.54) is 0 Å². The highest BCUT2D eigenvalue weighted by atomic mass is 35.5. The second-order valence-corrected chi connectivity index (χ2v) is 10.9. The number of benzene rings is 3. The van der Waals surface area contributed by atoms with Crippen molar-refractivity contribution in [2.75, 3.05) is 11.4 Å². The molecule has 8 heteroatoms. The minimum atomic E-state index is -0.592. The van der Waals surface area contributed by atoms with E-state index in [-0.39, 0.29) is 5.91 Å². The van der Waals surface area contributed by atoms with Gasteiger partial charge in [0.05, 0.1) is 12.1 Å². The van der Waals surface area contributed by atoms with Crippen LogP contribution in [0.15, 0.2) is 67.0 Å². The minimum Gasteiger partial charge on any atom is -0.389 e. The first-order chi connectivity index (χ1) is 18.4. The molecule has 1 aliphatic heterocycles. The van der Waals surface area contributed by atoms with Crippen LogP contribution in [0.3, 0.4) is 0 Å². The standard InChI is InChI=1S/C30H30ClN5O2/c1-35-19-33-34-28(35)27-15-23(31)9-10-25(27)21-5-4-6-24(14-21)36-17-22-8-7-20(13-26(22)29(36)37)16-32-18-30(38)11-2-3-12-30/h4-10,13-15,19,32,38H,2-3,11-12,16-18H2,1H3. The van der Waals surface area contributed by atoms with Crippen molar-refractivity contribution in [2.45, 2.75) is 44.4 Å². The normalized spacial score (nSPS) is 16.3. The van der Waals surface area contributed by atoms with Crippen LogP contribution in [0.25, 0.3) is 22.5 Å². The molecule has 2 aliphatic rings. The van der Waals surface area contributed by atoms with Crippen LogP contribution in [0.1, 0.15) is 47.2 Å². The number of aliphatic hydroxyl groups is 1. The van der Waals surface area contributed by atoms with E-state index in [0.717, 1.165) is 70.6 Å². The molecule has 194 valence electrons. The molecule has 2 N–H and O–H groups in total. The molecular formula is C30H30ClN5O2. The molecule has 1 aromatic heterocycles. The maximum absolute atomic E-state index is 13.5. The van der Waals surface area contributed by atoms with E-state index in [4.69, 9.17) is 11.6 Å². The van der Waals surface area contributed by atoms with Gasteiger partial charge in [-0.15, -0.1) is 10.2 Å². The lowest BCUT2D eigenvalue weighted by atomic mass is 9.98. The van der Waals surface area contributed by atoms with Crippen LogP contribution >= 0.6 is 11.6 Å². The maximum atomic E-state index is 13.5. The van der Waals surface area contributed by atoms with Crippen molar-refractivity contribution in [3.8, 4) is 22.5 Å². The van der Waals surface area contributed by atoms with Crippen LogP contribution in [0, 0.1) is 0 Å². The van der Waals surface area contributed by atoms with E-state index < -0.39 is 5.60 Å². The van der Waals surface area contributed by atoms with Gasteiger partial charge in [0.25, 0.3) is 5.91 Å². The van der Waals surface area contributed by atoms with E-state index in [2.05, 4.69) is 21.6 Å². The van der Waals surface area contributed by atoms with Gasteiger partial charge in [0, 0.05) is 42.0 Å². The summed E-state index contributed by atoms with van der Waals surface area (Å²) in [5.74, 6) is 0.719. The number of hydrogen-bond acceptors (Lipinski definition) is 5. The van der Waals surface area contributed by atoms with E-state index >= 15 is 0 Å². The van der Waals surface area contributed by atoms with Crippen LogP contribution < -0.4 is 10.2 Å². The summed E-state index contributed by atoms with van der Waals surface area (Å²) in [5.41, 5.74) is 5.86. The van der Waals surface area contributed by atoms with E-state index in [0.29, 0.717) is 24.7 Å². The van der Waals surface area contributed by atoms with Crippen LogP contribution in [-0.4, -0.2) is 37.9 Å². The third-order valence-corrected chi connectivity index (χ3v) is 7.93. The van der Waals surface area contributed by atoms with Crippen molar-refractivity contribution in [1.29, 1.82) is 0 Å². The number of hydrogen-bond donors (Lipinski definition) is 2. The summed E-state index contributed by atoms with van der Waals surface area (Å²) in [4.78, 5) is 15.3. The number of aromatic nitrogens is 3. The average Bonchev–Trinajstić information content (AvgIpc) is 3.63. The van der Waals surface area contributed by atoms with Gasteiger partial charge in [0.1, 0.15) is 6.33 Å². The Bertz CT molecular complexity index is 1510. The smallest absolute Gasteiger partial charge is 0.258 e. The van der Waals surface area contributed by atoms with Gasteiger partial charge >= 0.3 is 0 Å². The molecule has 6 rings (SSSR count). The van der Waals surface area contributed by atoms with Crippen molar-refractivity contribution in [2.24, 2.45) is 7.05 Å². The molecule has 1 fully saturated rings. The topological polar surface area (TPSA) is 83.3 Å². The molecule has 0 bridgehead atoms. The number of fused-ring (bicyclic) bond motifs is 1. The first-order valence-electron chi connectivity index (χ1n) is 13.0. The van der Waals surface area contributed by atoms with Crippen LogP contribution in [0.5, 0.6) is 0 Å². The largest absolute Gasteiger partial charge is 0.389 e. The maximum Gasteiger partial charge on any atom is 0.258 e. The Kier molecular flexibility index (Phi) is 6.51. The quantitative estimate of drug-likeness (QED) is 0.338. The zero-order valence-electron chi connectivity index (χ0n) is 21.3. The van der Waals surface area contributed by atoms with Crippen LogP contribution in [0.4, 0.5) is 5.69 Å². The van der Waals surface area contributed by atoms with Gasteiger partial charge < -0.3 is 19.9 Å². The molecule has 0 spiro atoms. The predicted molar refractivity (Wildman–Crippen MR) is 149 cm³/mol. The number of nitrogens with one attached hydrogen (secondary N) is 1.